The number of carbonyl (C=O) groups excluding carboxylic acids is 1. The van der Waals surface area contributed by atoms with Crippen molar-refractivity contribution in [1.82, 2.24) is 5.32 Å². The van der Waals surface area contributed by atoms with Crippen LogP contribution in [-0.2, 0) is 16.0 Å². The summed E-state index contributed by atoms with van der Waals surface area (Å²) in [7, 11) is 0. The lowest BCUT2D eigenvalue weighted by Gasteiger charge is -2.20. The molecular weight excluding hydrogens is 278 g/mol. The number of hydrogen-bond acceptors (Lipinski definition) is 2. The predicted molar refractivity (Wildman–Crippen MR) is 78.8 cm³/mol. The van der Waals surface area contributed by atoms with Crippen LogP contribution in [0.5, 0.6) is 0 Å². The summed E-state index contributed by atoms with van der Waals surface area (Å²) < 4.78 is 0. The molecule has 2 N–H and O–H groups in total. The Morgan fingerprint density at radius 1 is 1.30 bits per heavy atom. The molecule has 1 aromatic rings. The van der Waals surface area contributed by atoms with Gasteiger partial charge < -0.3 is 10.4 Å². The van der Waals surface area contributed by atoms with Gasteiger partial charge >= 0.3 is 5.97 Å². The van der Waals surface area contributed by atoms with E-state index in [4.69, 9.17) is 16.7 Å². The van der Waals surface area contributed by atoms with E-state index in [2.05, 4.69) is 5.32 Å². The number of benzene rings is 1. The van der Waals surface area contributed by atoms with Crippen molar-refractivity contribution in [2.75, 3.05) is 0 Å². The van der Waals surface area contributed by atoms with Crippen LogP contribution in [0.2, 0.25) is 5.02 Å². The Morgan fingerprint density at radius 3 is 2.35 bits per heavy atom. The maximum Gasteiger partial charge on any atom is 0.309 e. The Hall–Kier alpha value is -1.55. The second-order valence-corrected chi connectivity index (χ2v) is 6.10. The van der Waals surface area contributed by atoms with Crippen LogP contribution in [0.3, 0.4) is 0 Å². The highest BCUT2D eigenvalue weighted by Crippen LogP contribution is 2.20. The first kappa shape index (κ1) is 16.5. The van der Waals surface area contributed by atoms with Crippen molar-refractivity contribution in [3.8, 4) is 0 Å². The predicted octanol–water partition coefficient (Wildman–Crippen LogP) is 2.89. The molecule has 110 valence electrons. The summed E-state index contributed by atoms with van der Waals surface area (Å²) >= 11 is 5.81. The minimum Gasteiger partial charge on any atom is -0.481 e. The number of hydrogen-bond donors (Lipinski definition) is 2. The lowest BCUT2D eigenvalue weighted by molar-refractivity contribution is -0.149. The fourth-order valence-electron chi connectivity index (χ4n) is 1.83. The van der Waals surface area contributed by atoms with Crippen molar-refractivity contribution in [1.29, 1.82) is 0 Å². The van der Waals surface area contributed by atoms with E-state index in [0.717, 1.165) is 5.56 Å². The largest absolute Gasteiger partial charge is 0.481 e. The van der Waals surface area contributed by atoms with Crippen LogP contribution < -0.4 is 5.32 Å². The van der Waals surface area contributed by atoms with E-state index < -0.39 is 11.4 Å². The second-order valence-electron chi connectivity index (χ2n) is 5.66. The Bertz CT molecular complexity index is 482. The van der Waals surface area contributed by atoms with Crippen molar-refractivity contribution in [2.24, 2.45) is 5.41 Å². The Morgan fingerprint density at radius 2 is 1.85 bits per heavy atom. The van der Waals surface area contributed by atoms with E-state index in [1.54, 1.807) is 26.0 Å². The minimum absolute atomic E-state index is 0.0344. The molecule has 0 spiro atoms. The lowest BCUT2D eigenvalue weighted by Crippen LogP contribution is -2.38. The van der Waals surface area contributed by atoms with Gasteiger partial charge in [0.1, 0.15) is 0 Å². The second kappa shape index (κ2) is 6.75. The first-order chi connectivity index (χ1) is 9.20. The minimum atomic E-state index is -1.05. The number of carboxylic acids is 1. The number of carboxylic acid groups (broad SMARTS) is 1. The molecule has 0 aromatic heterocycles. The molecule has 1 amide bonds. The molecule has 1 aromatic carbocycles. The summed E-state index contributed by atoms with van der Waals surface area (Å²) in [6.45, 7) is 4.97. The topological polar surface area (TPSA) is 66.4 Å². The van der Waals surface area contributed by atoms with Crippen LogP contribution in [0.4, 0.5) is 0 Å². The zero-order chi connectivity index (χ0) is 15.3. The lowest BCUT2D eigenvalue weighted by atomic mass is 9.89. The van der Waals surface area contributed by atoms with Gasteiger partial charge in [-0.15, -0.1) is 0 Å². The van der Waals surface area contributed by atoms with Gasteiger partial charge in [0.25, 0.3) is 0 Å². The summed E-state index contributed by atoms with van der Waals surface area (Å²) in [5.74, 6) is -1.23. The zero-order valence-electron chi connectivity index (χ0n) is 11.9. The van der Waals surface area contributed by atoms with Gasteiger partial charge in [0.2, 0.25) is 5.91 Å². The third-order valence-electron chi connectivity index (χ3n) is 3.04. The number of aliphatic carboxylic acids is 1. The van der Waals surface area contributed by atoms with Gasteiger partial charge in [0, 0.05) is 17.5 Å². The fourth-order valence-corrected chi connectivity index (χ4v) is 1.95. The van der Waals surface area contributed by atoms with Gasteiger partial charge in [-0.25, -0.2) is 0 Å². The number of rotatable bonds is 6. The standard InChI is InChI=1S/C15H20ClNO3/c1-10(8-11-4-6-12(16)7-5-11)17-13(18)9-15(2,3)14(19)20/h4-7,10H,8-9H2,1-3H3,(H,17,18)(H,19,20). The average Bonchev–Trinajstić information content (AvgIpc) is 2.30. The monoisotopic (exact) mass is 297 g/mol. The molecule has 0 radical (unpaired) electrons. The molecule has 0 saturated heterocycles. The highest BCUT2D eigenvalue weighted by molar-refractivity contribution is 6.30. The number of halogens is 1. The highest BCUT2D eigenvalue weighted by atomic mass is 35.5. The van der Waals surface area contributed by atoms with Crippen LogP contribution in [-0.4, -0.2) is 23.0 Å². The summed E-state index contributed by atoms with van der Waals surface area (Å²) in [4.78, 5) is 22.8. The SMILES string of the molecule is CC(Cc1ccc(Cl)cc1)NC(=O)CC(C)(C)C(=O)O. The molecule has 1 unspecified atom stereocenters. The summed E-state index contributed by atoms with van der Waals surface area (Å²) in [6, 6.07) is 7.37. The van der Waals surface area contributed by atoms with E-state index in [9.17, 15) is 9.59 Å². The highest BCUT2D eigenvalue weighted by Gasteiger charge is 2.30. The molecule has 0 aliphatic carbocycles. The third kappa shape index (κ3) is 5.21. The third-order valence-corrected chi connectivity index (χ3v) is 3.30. The molecule has 0 aliphatic rings. The van der Waals surface area contributed by atoms with Crippen LogP contribution >= 0.6 is 11.6 Å². The Labute approximate surface area is 124 Å². The zero-order valence-corrected chi connectivity index (χ0v) is 12.7. The maximum atomic E-state index is 11.8. The van der Waals surface area contributed by atoms with Crippen LogP contribution in [0.25, 0.3) is 0 Å². The van der Waals surface area contributed by atoms with Crippen molar-refractivity contribution in [3.05, 3.63) is 34.9 Å². The fraction of sp³-hybridized carbons (Fsp3) is 0.467. The van der Waals surface area contributed by atoms with E-state index in [-0.39, 0.29) is 18.4 Å². The van der Waals surface area contributed by atoms with E-state index >= 15 is 0 Å². The number of amides is 1. The molecule has 4 nitrogen and oxygen atoms in total. The van der Waals surface area contributed by atoms with Crippen LogP contribution in [0, 0.1) is 5.41 Å². The van der Waals surface area contributed by atoms with Gasteiger partial charge in [-0.2, -0.15) is 0 Å². The van der Waals surface area contributed by atoms with Crippen molar-refractivity contribution in [3.63, 3.8) is 0 Å². The molecule has 20 heavy (non-hydrogen) atoms. The van der Waals surface area contributed by atoms with Gasteiger partial charge in [-0.3, -0.25) is 9.59 Å². The van der Waals surface area contributed by atoms with E-state index in [0.29, 0.717) is 11.4 Å². The average molecular weight is 298 g/mol. The van der Waals surface area contributed by atoms with Crippen LogP contribution in [0.1, 0.15) is 32.8 Å². The Kier molecular flexibility index (Phi) is 5.57. The first-order valence-corrected chi connectivity index (χ1v) is 6.86. The number of nitrogens with one attached hydrogen (secondary N) is 1. The molecule has 0 heterocycles. The Balaban J connectivity index is 2.50. The summed E-state index contributed by atoms with van der Waals surface area (Å²) in [6.07, 6.45) is 0.643. The smallest absolute Gasteiger partial charge is 0.309 e. The van der Waals surface area contributed by atoms with E-state index in [1.807, 2.05) is 19.1 Å². The number of carbonyl (C=O) groups is 2. The molecule has 5 heteroatoms. The quantitative estimate of drug-likeness (QED) is 0.848. The molecule has 1 atom stereocenters. The summed E-state index contributed by atoms with van der Waals surface area (Å²) in [5, 5.41) is 12.5. The maximum absolute atomic E-state index is 11.8. The molecule has 0 fully saturated rings. The van der Waals surface area contributed by atoms with Crippen molar-refractivity contribution >= 4 is 23.5 Å². The summed E-state index contributed by atoms with van der Waals surface area (Å²) in [5.41, 5.74) is 0.0176. The molecule has 0 bridgehead atoms. The molecule has 1 rings (SSSR count). The van der Waals surface area contributed by atoms with Gasteiger partial charge in [-0.05, 0) is 44.9 Å². The van der Waals surface area contributed by atoms with Gasteiger partial charge in [-0.1, -0.05) is 23.7 Å². The molecule has 0 aliphatic heterocycles. The van der Waals surface area contributed by atoms with E-state index in [1.165, 1.54) is 0 Å². The van der Waals surface area contributed by atoms with Crippen molar-refractivity contribution in [2.45, 2.75) is 39.7 Å². The normalized spacial score (nSPS) is 12.8. The van der Waals surface area contributed by atoms with Gasteiger partial charge in [0.15, 0.2) is 0 Å². The van der Waals surface area contributed by atoms with Gasteiger partial charge in [0.05, 0.1) is 5.41 Å². The molecule has 0 saturated carbocycles. The van der Waals surface area contributed by atoms with Crippen molar-refractivity contribution < 1.29 is 14.7 Å². The van der Waals surface area contributed by atoms with Crippen LogP contribution in [0.15, 0.2) is 24.3 Å². The molecular formula is C15H20ClNO3. The first-order valence-electron chi connectivity index (χ1n) is 6.48.